The van der Waals surface area contributed by atoms with Crippen LogP contribution < -0.4 is 27.8 Å². The molecule has 15 heteroatoms. The predicted molar refractivity (Wildman–Crippen MR) is 109 cm³/mol. The number of carboxylic acid groups (broad SMARTS) is 2. The number of hydrogen-bond acceptors (Lipinski definition) is 8. The summed E-state index contributed by atoms with van der Waals surface area (Å²) in [5.41, 5.74) is 15.6. The predicted octanol–water partition coefficient (Wildman–Crippen LogP) is -4.03. The molecule has 0 saturated carbocycles. The quantitative estimate of drug-likeness (QED) is 0.136. The molecule has 0 aliphatic carbocycles. The molecule has 1 aliphatic rings. The fraction of sp³-hybridized carbons (Fsp3) is 0.611. The van der Waals surface area contributed by atoms with Gasteiger partial charge >= 0.3 is 11.9 Å². The number of amides is 5. The van der Waals surface area contributed by atoms with Crippen molar-refractivity contribution in [3.8, 4) is 0 Å². The lowest BCUT2D eigenvalue weighted by Gasteiger charge is -2.28. The monoisotopic (exact) mass is 472 g/mol. The van der Waals surface area contributed by atoms with Crippen LogP contribution in [0.1, 0.15) is 38.5 Å². The number of carboxylic acids is 2. The van der Waals surface area contributed by atoms with E-state index in [-0.39, 0.29) is 25.8 Å². The van der Waals surface area contributed by atoms with Gasteiger partial charge in [0.15, 0.2) is 0 Å². The Morgan fingerprint density at radius 2 is 1.52 bits per heavy atom. The first-order chi connectivity index (χ1) is 15.3. The fourth-order valence-corrected chi connectivity index (χ4v) is 3.28. The van der Waals surface area contributed by atoms with Gasteiger partial charge in [-0.05, 0) is 19.3 Å². The van der Waals surface area contributed by atoms with E-state index in [9.17, 15) is 38.7 Å². The Labute approximate surface area is 188 Å². The van der Waals surface area contributed by atoms with Crippen molar-refractivity contribution in [3.05, 3.63) is 0 Å². The summed E-state index contributed by atoms with van der Waals surface area (Å²) in [5.74, 6) is -7.28. The van der Waals surface area contributed by atoms with E-state index in [1.165, 1.54) is 0 Å². The van der Waals surface area contributed by atoms with E-state index >= 15 is 0 Å². The maximum Gasteiger partial charge on any atom is 0.326 e. The summed E-state index contributed by atoms with van der Waals surface area (Å²) in [6.07, 6.45) is -1.50. The second-order valence-electron chi connectivity index (χ2n) is 7.53. The van der Waals surface area contributed by atoms with Crippen LogP contribution in [0.15, 0.2) is 0 Å². The van der Waals surface area contributed by atoms with Crippen LogP contribution in [-0.4, -0.2) is 87.3 Å². The first-order valence-electron chi connectivity index (χ1n) is 10.0. The van der Waals surface area contributed by atoms with Gasteiger partial charge in [-0.15, -0.1) is 0 Å². The molecule has 1 aliphatic heterocycles. The largest absolute Gasteiger partial charge is 0.481 e. The summed E-state index contributed by atoms with van der Waals surface area (Å²) < 4.78 is 0. The van der Waals surface area contributed by atoms with Gasteiger partial charge in [0.05, 0.1) is 18.9 Å². The van der Waals surface area contributed by atoms with Crippen LogP contribution in [0.5, 0.6) is 0 Å². The third-order valence-electron chi connectivity index (χ3n) is 4.88. The molecule has 0 bridgehead atoms. The smallest absolute Gasteiger partial charge is 0.326 e. The Hall–Kier alpha value is -3.75. The summed E-state index contributed by atoms with van der Waals surface area (Å²) in [6.45, 7) is 0.0611. The van der Waals surface area contributed by atoms with Gasteiger partial charge < -0.3 is 42.9 Å². The number of nitrogens with two attached hydrogens (primary N) is 3. The zero-order chi connectivity index (χ0) is 25.3. The number of nitrogens with one attached hydrogen (secondary N) is 2. The van der Waals surface area contributed by atoms with Crippen LogP contribution in [0, 0.1) is 0 Å². The van der Waals surface area contributed by atoms with Crippen molar-refractivity contribution in [3.63, 3.8) is 0 Å². The Balaban J connectivity index is 3.03. The van der Waals surface area contributed by atoms with E-state index < -0.39 is 78.5 Å². The molecule has 33 heavy (non-hydrogen) atoms. The number of nitrogens with zero attached hydrogens (tertiary/aromatic N) is 1. The van der Waals surface area contributed by atoms with Gasteiger partial charge in [0.25, 0.3) is 0 Å². The second-order valence-corrected chi connectivity index (χ2v) is 7.53. The lowest BCUT2D eigenvalue weighted by atomic mass is 10.1. The highest BCUT2D eigenvalue weighted by Crippen LogP contribution is 2.19. The molecular weight excluding hydrogens is 444 g/mol. The molecule has 10 N–H and O–H groups in total. The average molecular weight is 472 g/mol. The van der Waals surface area contributed by atoms with Crippen molar-refractivity contribution in [1.29, 1.82) is 0 Å². The molecule has 184 valence electrons. The molecule has 1 heterocycles. The normalized spacial score (nSPS) is 18.0. The van der Waals surface area contributed by atoms with E-state index in [4.69, 9.17) is 22.3 Å². The highest BCUT2D eigenvalue weighted by atomic mass is 16.4. The molecule has 0 spiro atoms. The number of carbonyl (C=O) groups excluding carboxylic acids is 5. The van der Waals surface area contributed by atoms with Gasteiger partial charge in [0.2, 0.25) is 29.5 Å². The molecule has 4 atom stereocenters. The van der Waals surface area contributed by atoms with Crippen molar-refractivity contribution in [1.82, 2.24) is 15.5 Å². The minimum atomic E-state index is -1.64. The maximum absolute atomic E-state index is 12.8. The van der Waals surface area contributed by atoms with Crippen LogP contribution in [0.2, 0.25) is 0 Å². The lowest BCUT2D eigenvalue weighted by Crippen LogP contribution is -2.57. The molecule has 4 unspecified atom stereocenters. The van der Waals surface area contributed by atoms with Gasteiger partial charge in [0.1, 0.15) is 18.1 Å². The summed E-state index contributed by atoms with van der Waals surface area (Å²) in [5, 5.41) is 22.8. The van der Waals surface area contributed by atoms with Crippen LogP contribution in [0.3, 0.4) is 0 Å². The van der Waals surface area contributed by atoms with E-state index in [2.05, 4.69) is 10.6 Å². The van der Waals surface area contributed by atoms with Gasteiger partial charge in [-0.2, -0.15) is 0 Å². The maximum atomic E-state index is 12.8. The molecule has 1 saturated heterocycles. The van der Waals surface area contributed by atoms with Crippen molar-refractivity contribution in [2.75, 3.05) is 6.54 Å². The number of carbonyl (C=O) groups is 7. The summed E-state index contributed by atoms with van der Waals surface area (Å²) in [6, 6.07) is -5.66. The zero-order valence-electron chi connectivity index (χ0n) is 17.7. The standard InChI is InChI=1S/C18H28N6O9/c19-8(6-13(21)26)15(29)22-9(3-4-12(20)25)16(30)23-10(7-14(27)28)17(31)24-5-1-2-11(24)18(32)33/h8-11H,1-7,19H2,(H2,20,25)(H2,21,26)(H,22,29)(H,23,30)(H,27,28)(H,32,33). The lowest BCUT2D eigenvalue weighted by molar-refractivity contribution is -0.150. The number of hydrogen-bond donors (Lipinski definition) is 7. The molecule has 15 nitrogen and oxygen atoms in total. The molecule has 5 amide bonds. The number of primary amides is 2. The van der Waals surface area contributed by atoms with Gasteiger partial charge in [-0.25, -0.2) is 4.79 Å². The Morgan fingerprint density at radius 3 is 2.03 bits per heavy atom. The van der Waals surface area contributed by atoms with E-state index in [0.29, 0.717) is 6.42 Å². The molecule has 1 fully saturated rings. The molecular formula is C18H28N6O9. The van der Waals surface area contributed by atoms with Crippen LogP contribution in [0.25, 0.3) is 0 Å². The summed E-state index contributed by atoms with van der Waals surface area (Å²) >= 11 is 0. The minimum absolute atomic E-state index is 0.0611. The zero-order valence-corrected chi connectivity index (χ0v) is 17.7. The first kappa shape index (κ1) is 27.3. The Bertz CT molecular complexity index is 817. The van der Waals surface area contributed by atoms with E-state index in [1.54, 1.807) is 0 Å². The minimum Gasteiger partial charge on any atom is -0.481 e. The molecule has 0 radical (unpaired) electrons. The van der Waals surface area contributed by atoms with Crippen molar-refractivity contribution in [2.24, 2.45) is 17.2 Å². The average Bonchev–Trinajstić information content (AvgIpc) is 3.18. The van der Waals surface area contributed by atoms with Crippen molar-refractivity contribution in [2.45, 2.75) is 62.7 Å². The van der Waals surface area contributed by atoms with Crippen molar-refractivity contribution >= 4 is 41.5 Å². The topological polar surface area (TPSA) is 265 Å². The summed E-state index contributed by atoms with van der Waals surface area (Å²) in [7, 11) is 0. The van der Waals surface area contributed by atoms with E-state index in [0.717, 1.165) is 4.90 Å². The molecule has 1 rings (SSSR count). The number of likely N-dealkylation sites (tertiary alicyclic amines) is 1. The van der Waals surface area contributed by atoms with E-state index in [1.807, 2.05) is 0 Å². The molecule has 0 aromatic rings. The third kappa shape index (κ3) is 8.72. The van der Waals surface area contributed by atoms with Crippen LogP contribution in [0.4, 0.5) is 0 Å². The SMILES string of the molecule is NC(=O)CCC(NC(=O)C(N)CC(N)=O)C(=O)NC(CC(=O)O)C(=O)N1CCCC1C(=O)O. The molecule has 0 aromatic heterocycles. The van der Waals surface area contributed by atoms with Gasteiger partial charge in [-0.1, -0.05) is 0 Å². The van der Waals surface area contributed by atoms with Crippen molar-refractivity contribution < 1.29 is 43.8 Å². The van der Waals surface area contributed by atoms with Crippen LogP contribution in [-0.2, 0) is 33.6 Å². The van der Waals surface area contributed by atoms with Gasteiger partial charge in [0, 0.05) is 13.0 Å². The first-order valence-corrected chi connectivity index (χ1v) is 10.0. The second kappa shape index (κ2) is 12.3. The van der Waals surface area contributed by atoms with Crippen LogP contribution >= 0.6 is 0 Å². The Morgan fingerprint density at radius 1 is 0.909 bits per heavy atom. The number of aliphatic carboxylic acids is 2. The molecule has 0 aromatic carbocycles. The van der Waals surface area contributed by atoms with Gasteiger partial charge in [-0.3, -0.25) is 28.8 Å². The Kier molecular flexibility index (Phi) is 10.2. The number of rotatable bonds is 13. The third-order valence-corrected chi connectivity index (χ3v) is 4.88. The summed E-state index contributed by atoms with van der Waals surface area (Å²) in [4.78, 5) is 83.5. The highest BCUT2D eigenvalue weighted by Gasteiger charge is 2.39. The highest BCUT2D eigenvalue weighted by molar-refractivity contribution is 5.96. The fourth-order valence-electron chi connectivity index (χ4n) is 3.28.